The van der Waals surface area contributed by atoms with E-state index in [4.69, 9.17) is 0 Å². The molecule has 2 amide bonds. The first-order valence-electron chi connectivity index (χ1n) is 8.40. The third-order valence-corrected chi connectivity index (χ3v) is 5.05. The molecule has 24 heavy (non-hydrogen) atoms. The van der Waals surface area contributed by atoms with Crippen LogP contribution in [0.3, 0.4) is 0 Å². The second-order valence-electron chi connectivity index (χ2n) is 7.17. The maximum atomic E-state index is 12.9. The van der Waals surface area contributed by atoms with Gasteiger partial charge in [-0.25, -0.2) is 8.78 Å². The van der Waals surface area contributed by atoms with E-state index in [2.05, 4.69) is 10.4 Å². The molecule has 130 valence electrons. The number of hydrogen-bond donors (Lipinski definition) is 1. The number of rotatable bonds is 4. The van der Waals surface area contributed by atoms with Crippen LogP contribution in [-0.2, 0) is 16.1 Å². The fourth-order valence-corrected chi connectivity index (χ4v) is 3.44. The van der Waals surface area contributed by atoms with Gasteiger partial charge >= 0.3 is 0 Å². The molecule has 6 nitrogen and oxygen atoms in total. The van der Waals surface area contributed by atoms with E-state index in [1.54, 1.807) is 21.8 Å². The van der Waals surface area contributed by atoms with Crippen molar-refractivity contribution in [3.05, 3.63) is 18.0 Å². The van der Waals surface area contributed by atoms with Crippen LogP contribution in [0.4, 0.5) is 8.78 Å². The normalized spacial score (nSPS) is 25.8. The van der Waals surface area contributed by atoms with Gasteiger partial charge in [0.25, 0.3) is 5.92 Å². The van der Waals surface area contributed by atoms with E-state index >= 15 is 0 Å². The molecule has 4 rings (SSSR count). The van der Waals surface area contributed by atoms with Crippen LogP contribution in [-0.4, -0.2) is 45.0 Å². The molecule has 0 bridgehead atoms. The first-order valence-corrected chi connectivity index (χ1v) is 8.40. The number of fused-ring (bicyclic) bond motifs is 1. The predicted octanol–water partition coefficient (Wildman–Crippen LogP) is 1.48. The van der Waals surface area contributed by atoms with Gasteiger partial charge in [0.05, 0.1) is 18.8 Å². The molecule has 1 aromatic heterocycles. The van der Waals surface area contributed by atoms with Gasteiger partial charge in [0.15, 0.2) is 0 Å². The van der Waals surface area contributed by atoms with E-state index < -0.39 is 18.0 Å². The lowest BCUT2D eigenvalue weighted by Crippen LogP contribution is -2.54. The van der Waals surface area contributed by atoms with E-state index in [1.807, 2.05) is 0 Å². The molecule has 0 saturated heterocycles. The highest BCUT2D eigenvalue weighted by Crippen LogP contribution is 2.38. The summed E-state index contributed by atoms with van der Waals surface area (Å²) in [6, 6.07) is 0.638. The molecule has 2 aliphatic carbocycles. The van der Waals surface area contributed by atoms with Crippen molar-refractivity contribution < 1.29 is 18.4 Å². The third-order valence-electron chi connectivity index (χ3n) is 5.05. The number of aromatic nitrogens is 2. The first-order chi connectivity index (χ1) is 11.4. The molecule has 2 saturated carbocycles. The van der Waals surface area contributed by atoms with E-state index in [0.29, 0.717) is 18.9 Å². The van der Waals surface area contributed by atoms with Crippen LogP contribution in [0.25, 0.3) is 0 Å². The largest absolute Gasteiger partial charge is 0.351 e. The highest BCUT2D eigenvalue weighted by atomic mass is 19.3. The topological polar surface area (TPSA) is 67.2 Å². The fraction of sp³-hybridized carbons (Fsp3) is 0.688. The standard InChI is InChI=1S/C16H20F2N4O2/c17-16(18)6-11(7-16)20-15(24)13-9-21(14(23)5-10-1-2-10)8-12-3-4-19-22(12)13/h3-4,10-11,13H,1-2,5-9H2,(H,20,24)/t13-/m0/s1. The van der Waals surface area contributed by atoms with Gasteiger partial charge < -0.3 is 10.2 Å². The van der Waals surface area contributed by atoms with Crippen LogP contribution < -0.4 is 5.32 Å². The molecule has 1 N–H and O–H groups in total. The number of carbonyl (C=O) groups excluding carboxylic acids is 2. The minimum atomic E-state index is -2.67. The fourth-order valence-electron chi connectivity index (χ4n) is 3.44. The predicted molar refractivity (Wildman–Crippen MR) is 80.1 cm³/mol. The lowest BCUT2D eigenvalue weighted by Gasteiger charge is -2.38. The van der Waals surface area contributed by atoms with Gasteiger partial charge in [0.2, 0.25) is 11.8 Å². The van der Waals surface area contributed by atoms with Gasteiger partial charge in [-0.15, -0.1) is 0 Å². The Bertz CT molecular complexity index is 663. The summed E-state index contributed by atoms with van der Waals surface area (Å²) in [7, 11) is 0. The summed E-state index contributed by atoms with van der Waals surface area (Å²) in [6.07, 6.45) is 3.68. The van der Waals surface area contributed by atoms with Crippen molar-refractivity contribution in [1.29, 1.82) is 0 Å². The number of amides is 2. The smallest absolute Gasteiger partial charge is 0.252 e. The van der Waals surface area contributed by atoms with Crippen LogP contribution in [0.15, 0.2) is 12.3 Å². The van der Waals surface area contributed by atoms with Crippen molar-refractivity contribution >= 4 is 11.8 Å². The zero-order valence-electron chi connectivity index (χ0n) is 13.3. The maximum Gasteiger partial charge on any atom is 0.252 e. The van der Waals surface area contributed by atoms with Gasteiger partial charge in [-0.1, -0.05) is 0 Å². The van der Waals surface area contributed by atoms with Crippen LogP contribution in [0, 0.1) is 5.92 Å². The molecule has 1 aliphatic heterocycles. The Morgan fingerprint density at radius 3 is 2.75 bits per heavy atom. The number of nitrogens with one attached hydrogen (secondary N) is 1. The number of halogens is 2. The minimum absolute atomic E-state index is 0.0536. The monoisotopic (exact) mass is 338 g/mol. The molecule has 0 spiro atoms. The minimum Gasteiger partial charge on any atom is -0.351 e. The number of nitrogens with zero attached hydrogens (tertiary/aromatic N) is 3. The lowest BCUT2D eigenvalue weighted by atomic mass is 9.88. The average Bonchev–Trinajstić information content (AvgIpc) is 3.17. The summed E-state index contributed by atoms with van der Waals surface area (Å²) in [5.74, 6) is -2.48. The highest BCUT2D eigenvalue weighted by Gasteiger charge is 2.47. The van der Waals surface area contributed by atoms with Crippen molar-refractivity contribution in [3.63, 3.8) is 0 Å². The van der Waals surface area contributed by atoms with Crippen LogP contribution in [0.5, 0.6) is 0 Å². The number of carbonyl (C=O) groups is 2. The quantitative estimate of drug-likeness (QED) is 0.904. The summed E-state index contributed by atoms with van der Waals surface area (Å²) in [5.41, 5.74) is 0.796. The van der Waals surface area contributed by atoms with Crippen LogP contribution in [0.1, 0.15) is 43.8 Å². The Morgan fingerprint density at radius 2 is 2.08 bits per heavy atom. The number of hydrogen-bond acceptors (Lipinski definition) is 3. The summed E-state index contributed by atoms with van der Waals surface area (Å²) in [6.45, 7) is 0.687. The Kier molecular flexibility index (Phi) is 3.58. The molecular formula is C16H20F2N4O2. The summed E-state index contributed by atoms with van der Waals surface area (Å²) >= 11 is 0. The summed E-state index contributed by atoms with van der Waals surface area (Å²) in [5, 5.41) is 6.84. The molecule has 8 heteroatoms. The molecule has 1 atom stereocenters. The zero-order chi connectivity index (χ0) is 16.9. The van der Waals surface area contributed by atoms with Gasteiger partial charge in [-0.05, 0) is 24.8 Å². The van der Waals surface area contributed by atoms with Crippen LogP contribution in [0.2, 0.25) is 0 Å². The first kappa shape index (κ1) is 15.5. The Hall–Kier alpha value is -1.99. The van der Waals surface area contributed by atoms with Crippen molar-refractivity contribution in [2.75, 3.05) is 6.54 Å². The third kappa shape index (κ3) is 3.01. The van der Waals surface area contributed by atoms with E-state index in [1.165, 1.54) is 0 Å². The van der Waals surface area contributed by atoms with Crippen molar-refractivity contribution in [1.82, 2.24) is 20.0 Å². The molecule has 3 aliphatic rings. The molecular weight excluding hydrogens is 318 g/mol. The second kappa shape index (κ2) is 5.53. The summed E-state index contributed by atoms with van der Waals surface area (Å²) in [4.78, 5) is 26.6. The Morgan fingerprint density at radius 1 is 1.33 bits per heavy atom. The average molecular weight is 338 g/mol. The molecule has 0 radical (unpaired) electrons. The maximum absolute atomic E-state index is 12.9. The zero-order valence-corrected chi connectivity index (χ0v) is 13.3. The molecule has 1 aromatic rings. The van der Waals surface area contributed by atoms with E-state index in [0.717, 1.165) is 18.5 Å². The molecule has 0 unspecified atom stereocenters. The Balaban J connectivity index is 1.44. The highest BCUT2D eigenvalue weighted by molar-refractivity contribution is 5.83. The second-order valence-corrected chi connectivity index (χ2v) is 7.17. The van der Waals surface area contributed by atoms with Crippen molar-refractivity contribution in [2.24, 2.45) is 5.92 Å². The molecule has 2 fully saturated rings. The summed E-state index contributed by atoms with van der Waals surface area (Å²) < 4.78 is 27.5. The van der Waals surface area contributed by atoms with Crippen molar-refractivity contribution in [3.8, 4) is 0 Å². The van der Waals surface area contributed by atoms with Crippen LogP contribution >= 0.6 is 0 Å². The van der Waals surface area contributed by atoms with E-state index in [-0.39, 0.29) is 31.2 Å². The SMILES string of the molecule is O=C(NC1CC(F)(F)C1)[C@@H]1CN(C(=O)CC2CC2)Cc2ccnn21. The lowest BCUT2D eigenvalue weighted by molar-refractivity contribution is -0.138. The number of alkyl halides is 2. The van der Waals surface area contributed by atoms with Gasteiger partial charge in [0, 0.05) is 31.5 Å². The van der Waals surface area contributed by atoms with Gasteiger partial charge in [0.1, 0.15) is 6.04 Å². The Labute approximate surface area is 138 Å². The van der Waals surface area contributed by atoms with Crippen molar-refractivity contribution in [2.45, 2.75) is 56.7 Å². The van der Waals surface area contributed by atoms with Gasteiger partial charge in [-0.2, -0.15) is 5.10 Å². The molecule has 2 heterocycles. The van der Waals surface area contributed by atoms with Gasteiger partial charge in [-0.3, -0.25) is 14.3 Å². The van der Waals surface area contributed by atoms with E-state index in [9.17, 15) is 18.4 Å². The molecule has 0 aromatic carbocycles.